The molecule has 1 saturated heterocycles. The second-order valence-corrected chi connectivity index (χ2v) is 6.74. The van der Waals surface area contributed by atoms with Crippen molar-refractivity contribution in [2.45, 2.75) is 78.6 Å². The van der Waals surface area contributed by atoms with Crippen LogP contribution in [0.4, 0.5) is 0 Å². The highest BCUT2D eigenvalue weighted by Crippen LogP contribution is 2.45. The van der Waals surface area contributed by atoms with E-state index in [2.05, 4.69) is 53.8 Å². The zero-order chi connectivity index (χ0) is 13.3. The molecule has 0 aromatic carbocycles. The predicted molar refractivity (Wildman–Crippen MR) is 74.3 cm³/mol. The lowest BCUT2D eigenvalue weighted by Crippen LogP contribution is -2.47. The SMILES string of the molecule is CCNC(C(C)CC)C1CC(C)(C)OC1(C)C. The maximum Gasteiger partial charge on any atom is 0.0677 e. The van der Waals surface area contributed by atoms with Crippen LogP contribution in [-0.2, 0) is 4.74 Å². The zero-order valence-corrected chi connectivity index (χ0v) is 12.8. The van der Waals surface area contributed by atoms with Crippen molar-refractivity contribution in [1.82, 2.24) is 5.32 Å². The topological polar surface area (TPSA) is 21.3 Å². The van der Waals surface area contributed by atoms with E-state index in [1.54, 1.807) is 0 Å². The highest BCUT2D eigenvalue weighted by Gasteiger charge is 2.49. The van der Waals surface area contributed by atoms with Crippen molar-refractivity contribution in [3.8, 4) is 0 Å². The smallest absolute Gasteiger partial charge is 0.0677 e. The van der Waals surface area contributed by atoms with Crippen molar-refractivity contribution in [1.29, 1.82) is 0 Å². The average molecular weight is 241 g/mol. The summed E-state index contributed by atoms with van der Waals surface area (Å²) in [5.41, 5.74) is 0.00899. The molecule has 1 aliphatic rings. The first-order valence-electron chi connectivity index (χ1n) is 7.17. The summed E-state index contributed by atoms with van der Waals surface area (Å²) in [7, 11) is 0. The highest BCUT2D eigenvalue weighted by atomic mass is 16.5. The molecule has 0 saturated carbocycles. The molecule has 0 bridgehead atoms. The Hall–Kier alpha value is -0.0800. The maximum absolute atomic E-state index is 6.23. The Balaban J connectivity index is 2.87. The minimum atomic E-state index is -0.0141. The van der Waals surface area contributed by atoms with Gasteiger partial charge in [0, 0.05) is 12.0 Å². The molecule has 2 heteroatoms. The number of rotatable bonds is 5. The van der Waals surface area contributed by atoms with Crippen LogP contribution in [0.3, 0.4) is 0 Å². The van der Waals surface area contributed by atoms with Crippen LogP contribution in [-0.4, -0.2) is 23.8 Å². The van der Waals surface area contributed by atoms with Gasteiger partial charge in [0.25, 0.3) is 0 Å². The van der Waals surface area contributed by atoms with E-state index in [-0.39, 0.29) is 11.2 Å². The molecule has 1 rings (SSSR count). The molecule has 0 radical (unpaired) electrons. The van der Waals surface area contributed by atoms with Crippen molar-refractivity contribution in [2.24, 2.45) is 11.8 Å². The summed E-state index contributed by atoms with van der Waals surface area (Å²) in [6, 6.07) is 0.571. The highest BCUT2D eigenvalue weighted by molar-refractivity contribution is 5.00. The predicted octanol–water partition coefficient (Wildman–Crippen LogP) is 3.60. The van der Waals surface area contributed by atoms with Crippen LogP contribution < -0.4 is 5.32 Å². The summed E-state index contributed by atoms with van der Waals surface area (Å²) in [6.07, 6.45) is 2.38. The second kappa shape index (κ2) is 5.27. The molecule has 1 N–H and O–H groups in total. The molecule has 2 nitrogen and oxygen atoms in total. The van der Waals surface area contributed by atoms with Crippen LogP contribution in [0.5, 0.6) is 0 Å². The second-order valence-electron chi connectivity index (χ2n) is 6.74. The largest absolute Gasteiger partial charge is 0.369 e. The normalized spacial score (nSPS) is 30.2. The molecular weight excluding hydrogens is 210 g/mol. The van der Waals surface area contributed by atoms with Gasteiger partial charge < -0.3 is 10.1 Å². The average Bonchev–Trinajstić information content (AvgIpc) is 2.42. The van der Waals surface area contributed by atoms with E-state index in [0.717, 1.165) is 13.0 Å². The van der Waals surface area contributed by atoms with Crippen molar-refractivity contribution in [3.05, 3.63) is 0 Å². The molecule has 0 spiro atoms. The Bertz CT molecular complexity index is 247. The summed E-state index contributed by atoms with van der Waals surface area (Å²) in [5.74, 6) is 1.31. The lowest BCUT2D eigenvalue weighted by atomic mass is 9.76. The maximum atomic E-state index is 6.23. The van der Waals surface area contributed by atoms with E-state index < -0.39 is 0 Å². The minimum Gasteiger partial charge on any atom is -0.369 e. The molecule has 1 fully saturated rings. The summed E-state index contributed by atoms with van der Waals surface area (Å²) < 4.78 is 6.23. The third-order valence-corrected chi connectivity index (χ3v) is 4.27. The number of hydrogen-bond acceptors (Lipinski definition) is 2. The summed E-state index contributed by atoms with van der Waals surface area (Å²) in [6.45, 7) is 16.8. The Morgan fingerprint density at radius 1 is 1.24 bits per heavy atom. The Labute approximate surface area is 108 Å². The van der Waals surface area contributed by atoms with E-state index in [1.165, 1.54) is 6.42 Å². The molecule has 0 amide bonds. The summed E-state index contributed by atoms with van der Waals surface area (Å²) >= 11 is 0. The Morgan fingerprint density at radius 3 is 2.18 bits per heavy atom. The fourth-order valence-electron chi connectivity index (χ4n) is 3.39. The van der Waals surface area contributed by atoms with Crippen molar-refractivity contribution < 1.29 is 4.74 Å². The quantitative estimate of drug-likeness (QED) is 0.794. The van der Waals surface area contributed by atoms with E-state index in [0.29, 0.717) is 17.9 Å². The van der Waals surface area contributed by atoms with E-state index in [9.17, 15) is 0 Å². The lowest BCUT2D eigenvalue weighted by molar-refractivity contribution is -0.0793. The van der Waals surface area contributed by atoms with Gasteiger partial charge in [0.15, 0.2) is 0 Å². The summed E-state index contributed by atoms with van der Waals surface area (Å²) in [5, 5.41) is 3.69. The molecule has 3 atom stereocenters. The molecule has 1 heterocycles. The number of hydrogen-bond donors (Lipinski definition) is 1. The van der Waals surface area contributed by atoms with Gasteiger partial charge in [-0.25, -0.2) is 0 Å². The van der Waals surface area contributed by atoms with E-state index >= 15 is 0 Å². The first-order chi connectivity index (χ1) is 7.73. The van der Waals surface area contributed by atoms with Gasteiger partial charge in [-0.1, -0.05) is 27.2 Å². The van der Waals surface area contributed by atoms with Crippen LogP contribution in [0.2, 0.25) is 0 Å². The standard InChI is InChI=1S/C15H31NO/c1-8-11(3)13(16-9-2)12-10-14(4,5)17-15(12,6)7/h11-13,16H,8-10H2,1-7H3. The monoisotopic (exact) mass is 241 g/mol. The summed E-state index contributed by atoms with van der Waals surface area (Å²) in [4.78, 5) is 0. The first kappa shape index (κ1) is 15.0. The minimum absolute atomic E-state index is 0.0141. The number of ether oxygens (including phenoxy) is 1. The molecule has 1 aliphatic heterocycles. The molecular formula is C15H31NO. The van der Waals surface area contributed by atoms with Gasteiger partial charge in [0.05, 0.1) is 11.2 Å². The van der Waals surface area contributed by atoms with Crippen molar-refractivity contribution in [2.75, 3.05) is 6.54 Å². The van der Waals surface area contributed by atoms with Gasteiger partial charge in [0.1, 0.15) is 0 Å². The van der Waals surface area contributed by atoms with Gasteiger partial charge in [-0.3, -0.25) is 0 Å². The molecule has 102 valence electrons. The fourth-order valence-corrected chi connectivity index (χ4v) is 3.39. The molecule has 0 aromatic heterocycles. The van der Waals surface area contributed by atoms with Gasteiger partial charge in [-0.15, -0.1) is 0 Å². The van der Waals surface area contributed by atoms with E-state index in [4.69, 9.17) is 4.74 Å². The molecule has 3 unspecified atom stereocenters. The Morgan fingerprint density at radius 2 is 1.82 bits per heavy atom. The molecule has 0 aliphatic carbocycles. The van der Waals surface area contributed by atoms with Gasteiger partial charge in [0.2, 0.25) is 0 Å². The van der Waals surface area contributed by atoms with Crippen LogP contribution in [0.1, 0.15) is 61.3 Å². The van der Waals surface area contributed by atoms with Crippen LogP contribution in [0, 0.1) is 11.8 Å². The fraction of sp³-hybridized carbons (Fsp3) is 1.00. The Kier molecular flexibility index (Phi) is 4.65. The molecule has 17 heavy (non-hydrogen) atoms. The lowest BCUT2D eigenvalue weighted by Gasteiger charge is -2.36. The zero-order valence-electron chi connectivity index (χ0n) is 12.8. The molecule has 0 aromatic rings. The first-order valence-corrected chi connectivity index (χ1v) is 7.17. The van der Waals surface area contributed by atoms with Crippen molar-refractivity contribution in [3.63, 3.8) is 0 Å². The van der Waals surface area contributed by atoms with Crippen LogP contribution in [0.25, 0.3) is 0 Å². The van der Waals surface area contributed by atoms with Gasteiger partial charge in [-0.2, -0.15) is 0 Å². The van der Waals surface area contributed by atoms with Crippen LogP contribution >= 0.6 is 0 Å². The third-order valence-electron chi connectivity index (χ3n) is 4.27. The van der Waals surface area contributed by atoms with Crippen LogP contribution in [0.15, 0.2) is 0 Å². The third kappa shape index (κ3) is 3.45. The van der Waals surface area contributed by atoms with Gasteiger partial charge in [-0.05, 0) is 46.6 Å². The van der Waals surface area contributed by atoms with Gasteiger partial charge >= 0.3 is 0 Å². The van der Waals surface area contributed by atoms with Crippen molar-refractivity contribution >= 4 is 0 Å². The number of nitrogens with one attached hydrogen (secondary N) is 1. The van der Waals surface area contributed by atoms with E-state index in [1.807, 2.05) is 0 Å².